The minimum absolute atomic E-state index is 0.188. The minimum atomic E-state index is -1.78. The molecule has 0 amide bonds. The van der Waals surface area contributed by atoms with Crippen molar-refractivity contribution in [2.45, 2.75) is 104 Å². The summed E-state index contributed by atoms with van der Waals surface area (Å²) in [4.78, 5) is 13.1. The zero-order chi connectivity index (χ0) is 20.5. The molecule has 0 heterocycles. The Morgan fingerprint density at radius 3 is 2.44 bits per heavy atom. The van der Waals surface area contributed by atoms with E-state index in [-0.39, 0.29) is 16.4 Å². The zero-order valence-electron chi connectivity index (χ0n) is 18.7. The second kappa shape index (κ2) is 8.99. The highest BCUT2D eigenvalue weighted by Crippen LogP contribution is 2.58. The predicted molar refractivity (Wildman–Crippen MR) is 127 cm³/mol. The zero-order valence-corrected chi connectivity index (χ0v) is 21.8. The number of allylic oxidation sites excluding steroid dienone is 2. The molecule has 2 aliphatic carbocycles. The van der Waals surface area contributed by atoms with Gasteiger partial charge in [0.15, 0.2) is 8.32 Å². The van der Waals surface area contributed by atoms with Crippen LogP contribution in [-0.4, -0.2) is 24.6 Å². The molecule has 4 heteroatoms. The van der Waals surface area contributed by atoms with Crippen LogP contribution >= 0.6 is 22.6 Å². The van der Waals surface area contributed by atoms with Crippen LogP contribution in [0.5, 0.6) is 0 Å². The molecule has 2 nitrogen and oxygen atoms in total. The van der Waals surface area contributed by atoms with Crippen LogP contribution in [0.4, 0.5) is 0 Å². The third kappa shape index (κ3) is 5.09. The average molecular weight is 505 g/mol. The second-order valence-corrected chi connectivity index (χ2v) is 16.2. The van der Waals surface area contributed by atoms with E-state index in [2.05, 4.69) is 76.4 Å². The Kier molecular flexibility index (Phi) is 7.86. The maximum atomic E-state index is 13.1. The molecular weight excluding hydrogens is 463 g/mol. The van der Waals surface area contributed by atoms with Crippen molar-refractivity contribution >= 4 is 36.7 Å². The van der Waals surface area contributed by atoms with Gasteiger partial charge in [0.05, 0.1) is 0 Å². The van der Waals surface area contributed by atoms with Gasteiger partial charge in [-0.1, -0.05) is 61.4 Å². The number of Topliss-reactive ketones (excluding diaryl/α,β-unsaturated/α-hetero) is 1. The Bertz CT molecular complexity index is 559. The van der Waals surface area contributed by atoms with Crippen molar-refractivity contribution in [2.24, 2.45) is 17.3 Å². The van der Waals surface area contributed by atoms with Crippen molar-refractivity contribution in [3.63, 3.8) is 0 Å². The van der Waals surface area contributed by atoms with Gasteiger partial charge in [0.25, 0.3) is 0 Å². The van der Waals surface area contributed by atoms with Gasteiger partial charge in [0, 0.05) is 22.9 Å². The molecule has 0 saturated heterocycles. The van der Waals surface area contributed by atoms with Gasteiger partial charge < -0.3 is 4.43 Å². The molecule has 156 valence electrons. The van der Waals surface area contributed by atoms with E-state index in [1.807, 2.05) is 0 Å². The Labute approximate surface area is 182 Å². The number of hydrogen-bond donors (Lipinski definition) is 0. The van der Waals surface area contributed by atoms with Gasteiger partial charge in [0.2, 0.25) is 0 Å². The first-order valence-corrected chi connectivity index (χ1v) is 15.3. The SMILES string of the molecule is CC(C)=CCCC(=O)[C@H]1CC[C@H]2[C@@H](O[Si](C)(C)C(C)(C)C)CCC[C@]12CI. The van der Waals surface area contributed by atoms with Crippen LogP contribution in [-0.2, 0) is 9.22 Å². The fourth-order valence-electron chi connectivity index (χ4n) is 5.04. The van der Waals surface area contributed by atoms with Gasteiger partial charge >= 0.3 is 0 Å². The quantitative estimate of drug-likeness (QED) is 0.157. The van der Waals surface area contributed by atoms with Gasteiger partial charge in [-0.3, -0.25) is 4.79 Å². The number of carbonyl (C=O) groups is 1. The summed E-state index contributed by atoms with van der Waals surface area (Å²) in [5.41, 5.74) is 1.50. The molecule has 0 aromatic carbocycles. The summed E-state index contributed by atoms with van der Waals surface area (Å²) >= 11 is 2.57. The summed E-state index contributed by atoms with van der Waals surface area (Å²) in [5.74, 6) is 1.35. The number of alkyl halides is 1. The summed E-state index contributed by atoms with van der Waals surface area (Å²) in [7, 11) is -1.78. The van der Waals surface area contributed by atoms with Crippen LogP contribution < -0.4 is 0 Å². The Hall–Kier alpha value is 0.317. The summed E-state index contributed by atoms with van der Waals surface area (Å²) in [6, 6.07) is 0. The first kappa shape index (κ1) is 23.6. The largest absolute Gasteiger partial charge is 0.414 e. The van der Waals surface area contributed by atoms with Crippen molar-refractivity contribution in [2.75, 3.05) is 4.43 Å². The second-order valence-electron chi connectivity index (χ2n) is 10.7. The van der Waals surface area contributed by atoms with E-state index in [1.165, 1.54) is 31.3 Å². The number of carbonyl (C=O) groups excluding carboxylic acids is 1. The van der Waals surface area contributed by atoms with Crippen molar-refractivity contribution < 1.29 is 9.22 Å². The van der Waals surface area contributed by atoms with Crippen molar-refractivity contribution in [1.29, 1.82) is 0 Å². The third-order valence-electron chi connectivity index (χ3n) is 7.61. The number of rotatable bonds is 7. The van der Waals surface area contributed by atoms with E-state index in [0.29, 0.717) is 24.2 Å². The molecule has 0 N–H and O–H groups in total. The van der Waals surface area contributed by atoms with Gasteiger partial charge in [0.1, 0.15) is 5.78 Å². The minimum Gasteiger partial charge on any atom is -0.414 e. The number of hydrogen-bond acceptors (Lipinski definition) is 2. The lowest BCUT2D eigenvalue weighted by Crippen LogP contribution is -2.51. The van der Waals surface area contributed by atoms with E-state index < -0.39 is 8.32 Å². The smallest absolute Gasteiger partial charge is 0.192 e. The third-order valence-corrected chi connectivity index (χ3v) is 13.5. The van der Waals surface area contributed by atoms with Crippen LogP contribution in [0, 0.1) is 17.3 Å². The predicted octanol–water partition coefficient (Wildman–Crippen LogP) is 7.32. The topological polar surface area (TPSA) is 26.3 Å². The van der Waals surface area contributed by atoms with Crippen LogP contribution in [0.25, 0.3) is 0 Å². The Morgan fingerprint density at radius 2 is 1.89 bits per heavy atom. The molecule has 0 radical (unpaired) electrons. The highest BCUT2D eigenvalue weighted by Gasteiger charge is 2.57. The summed E-state index contributed by atoms with van der Waals surface area (Å²) in [5, 5.41) is 0.246. The molecule has 4 atom stereocenters. The van der Waals surface area contributed by atoms with E-state index >= 15 is 0 Å². The fourth-order valence-corrected chi connectivity index (χ4v) is 7.91. The van der Waals surface area contributed by atoms with E-state index in [9.17, 15) is 4.79 Å². The number of fused-ring (bicyclic) bond motifs is 1. The highest BCUT2D eigenvalue weighted by molar-refractivity contribution is 14.1. The maximum Gasteiger partial charge on any atom is 0.192 e. The monoisotopic (exact) mass is 504 g/mol. The Morgan fingerprint density at radius 1 is 1.22 bits per heavy atom. The first-order chi connectivity index (χ1) is 12.4. The van der Waals surface area contributed by atoms with Gasteiger partial charge in [-0.25, -0.2) is 0 Å². The molecular formula is C23H41IO2Si. The lowest BCUT2D eigenvalue weighted by Gasteiger charge is -2.49. The molecule has 0 aromatic rings. The molecule has 0 spiro atoms. The molecule has 27 heavy (non-hydrogen) atoms. The summed E-state index contributed by atoms with van der Waals surface area (Å²) in [6.45, 7) is 16.0. The number of ketones is 1. The maximum absolute atomic E-state index is 13.1. The van der Waals surface area contributed by atoms with Crippen LogP contribution in [0.15, 0.2) is 11.6 Å². The van der Waals surface area contributed by atoms with Gasteiger partial charge in [-0.15, -0.1) is 0 Å². The lowest BCUT2D eigenvalue weighted by molar-refractivity contribution is -0.128. The van der Waals surface area contributed by atoms with E-state index in [4.69, 9.17) is 4.43 Å². The molecule has 0 aliphatic heterocycles. The van der Waals surface area contributed by atoms with E-state index in [1.54, 1.807) is 0 Å². The molecule has 2 saturated carbocycles. The fraction of sp³-hybridized carbons (Fsp3) is 0.870. The van der Waals surface area contributed by atoms with Crippen molar-refractivity contribution in [3.8, 4) is 0 Å². The van der Waals surface area contributed by atoms with Crippen LogP contribution in [0.1, 0.15) is 79.6 Å². The molecule has 2 rings (SSSR count). The normalized spacial score (nSPS) is 31.5. The van der Waals surface area contributed by atoms with Crippen LogP contribution in [0.3, 0.4) is 0 Å². The van der Waals surface area contributed by atoms with Crippen molar-refractivity contribution in [1.82, 2.24) is 0 Å². The Balaban J connectivity index is 2.17. The number of halogens is 1. The van der Waals surface area contributed by atoms with E-state index in [0.717, 1.165) is 17.3 Å². The average Bonchev–Trinajstić information content (AvgIpc) is 2.94. The highest BCUT2D eigenvalue weighted by atomic mass is 127. The molecule has 0 bridgehead atoms. The first-order valence-electron chi connectivity index (χ1n) is 10.8. The van der Waals surface area contributed by atoms with Gasteiger partial charge in [-0.05, 0) is 75.4 Å². The van der Waals surface area contributed by atoms with Gasteiger partial charge in [-0.2, -0.15) is 0 Å². The molecule has 0 aromatic heterocycles. The molecule has 2 aliphatic rings. The lowest BCUT2D eigenvalue weighted by atomic mass is 9.63. The standard InChI is InChI=1S/C23H41IO2Si/c1-17(2)10-8-11-20(25)18-13-14-19-21(12-9-15-23(18,19)16-24)26-27(6,7)22(3,4)5/h10,18-19,21H,8-9,11-16H2,1-7H3/t18-,19+,21+,23+/m1/s1. The van der Waals surface area contributed by atoms with Crippen LogP contribution in [0.2, 0.25) is 18.1 Å². The summed E-state index contributed by atoms with van der Waals surface area (Å²) in [6.07, 6.45) is 10.1. The molecule has 0 unspecified atom stereocenters. The van der Waals surface area contributed by atoms with Crippen molar-refractivity contribution in [3.05, 3.63) is 11.6 Å². The molecule has 2 fully saturated rings. The summed E-state index contributed by atoms with van der Waals surface area (Å²) < 4.78 is 8.04.